The Morgan fingerprint density at radius 1 is 1.15 bits per heavy atom. The predicted octanol–water partition coefficient (Wildman–Crippen LogP) is 1.93. The molecule has 7 heteroatoms. The Bertz CT molecular complexity index is 281. The van der Waals surface area contributed by atoms with E-state index in [0.29, 0.717) is 6.07 Å². The Labute approximate surface area is 69.4 Å². The molecule has 0 N–H and O–H groups in total. The van der Waals surface area contributed by atoms with Crippen molar-refractivity contribution in [1.82, 2.24) is 9.97 Å². The Morgan fingerprint density at radius 2 is 1.77 bits per heavy atom. The summed E-state index contributed by atoms with van der Waals surface area (Å²) < 4.78 is 59.9. The third kappa shape index (κ3) is 1.73. The fourth-order valence-corrected chi connectivity index (χ4v) is 0.581. The minimum absolute atomic E-state index is 0.490. The van der Waals surface area contributed by atoms with E-state index < -0.39 is 17.8 Å². The molecule has 0 saturated carbocycles. The van der Waals surface area contributed by atoms with E-state index >= 15 is 0 Å². The van der Waals surface area contributed by atoms with Crippen LogP contribution in [0.15, 0.2) is 12.3 Å². The number of nitrogens with zero attached hydrogens (tertiary/aromatic N) is 2. The molecule has 1 heterocycles. The van der Waals surface area contributed by atoms with Crippen molar-refractivity contribution >= 4 is 0 Å². The van der Waals surface area contributed by atoms with Gasteiger partial charge in [-0.05, 0) is 6.07 Å². The number of hydrogen-bond acceptors (Lipinski definition) is 2. The normalized spacial score (nSPS) is 13.0. The first-order chi connectivity index (χ1) is 5.86. The first kappa shape index (κ1) is 9.82. The molecule has 0 atom stereocenters. The van der Waals surface area contributed by atoms with Crippen molar-refractivity contribution in [2.75, 3.05) is 0 Å². The summed E-state index contributed by atoms with van der Waals surface area (Å²) in [7, 11) is 0. The van der Waals surface area contributed by atoms with Crippen LogP contribution in [0.25, 0.3) is 0 Å². The predicted molar refractivity (Wildman–Crippen MR) is 30.8 cm³/mol. The molecule has 0 amide bonds. The van der Waals surface area contributed by atoms with Crippen molar-refractivity contribution in [3.8, 4) is 0 Å². The second-order valence-electron chi connectivity index (χ2n) is 2.11. The quantitative estimate of drug-likeness (QED) is 0.643. The molecule has 1 aromatic heterocycles. The molecule has 0 spiro atoms. The zero-order valence-corrected chi connectivity index (χ0v) is 5.94. The summed E-state index contributed by atoms with van der Waals surface area (Å²) >= 11 is 0. The van der Waals surface area contributed by atoms with E-state index in [1.165, 1.54) is 0 Å². The van der Waals surface area contributed by atoms with Gasteiger partial charge in [0.1, 0.15) is 5.69 Å². The fraction of sp³-hybridized carbons (Fsp3) is 0.333. The summed E-state index contributed by atoms with van der Waals surface area (Å²) in [5, 5.41) is 0. The van der Waals surface area contributed by atoms with Gasteiger partial charge in [-0.15, -0.1) is 0 Å². The summed E-state index contributed by atoms with van der Waals surface area (Å²) in [6, 6.07) is 0.490. The zero-order chi connectivity index (χ0) is 10.1. The highest BCUT2D eigenvalue weighted by atomic mass is 19.4. The SMILES string of the molecule is FC(F)(F)C(F)(F)c1ccn[c]n1. The molecule has 0 aromatic carbocycles. The highest BCUT2D eigenvalue weighted by Crippen LogP contribution is 2.42. The molecule has 0 aliphatic heterocycles. The number of aromatic nitrogens is 2. The maximum atomic E-state index is 12.4. The molecule has 0 fully saturated rings. The van der Waals surface area contributed by atoms with Gasteiger partial charge in [0, 0.05) is 6.20 Å². The van der Waals surface area contributed by atoms with Crippen LogP contribution in [0.1, 0.15) is 5.69 Å². The van der Waals surface area contributed by atoms with Crippen LogP contribution < -0.4 is 0 Å². The second-order valence-corrected chi connectivity index (χ2v) is 2.11. The van der Waals surface area contributed by atoms with Crippen molar-refractivity contribution in [3.63, 3.8) is 0 Å². The number of alkyl halides is 5. The van der Waals surface area contributed by atoms with Crippen LogP contribution in [0.2, 0.25) is 0 Å². The lowest BCUT2D eigenvalue weighted by molar-refractivity contribution is -0.291. The van der Waals surface area contributed by atoms with Crippen LogP contribution in [0, 0.1) is 6.33 Å². The molecule has 0 aliphatic carbocycles. The van der Waals surface area contributed by atoms with E-state index in [1.807, 2.05) is 0 Å². The van der Waals surface area contributed by atoms with Gasteiger partial charge < -0.3 is 0 Å². The Balaban J connectivity index is 3.08. The van der Waals surface area contributed by atoms with Gasteiger partial charge in [0.25, 0.3) is 0 Å². The van der Waals surface area contributed by atoms with Crippen molar-refractivity contribution in [2.45, 2.75) is 12.1 Å². The second kappa shape index (κ2) is 2.90. The van der Waals surface area contributed by atoms with Crippen LogP contribution in [-0.4, -0.2) is 16.1 Å². The molecule has 0 unspecified atom stereocenters. The van der Waals surface area contributed by atoms with E-state index in [-0.39, 0.29) is 0 Å². The minimum atomic E-state index is -5.64. The van der Waals surface area contributed by atoms with Crippen molar-refractivity contribution < 1.29 is 22.0 Å². The van der Waals surface area contributed by atoms with Gasteiger partial charge in [-0.1, -0.05) is 0 Å². The van der Waals surface area contributed by atoms with E-state index in [0.717, 1.165) is 6.20 Å². The van der Waals surface area contributed by atoms with Gasteiger partial charge >= 0.3 is 12.1 Å². The monoisotopic (exact) mass is 197 g/mol. The summed E-state index contributed by atoms with van der Waals surface area (Å²) in [4.78, 5) is 5.81. The first-order valence-electron chi connectivity index (χ1n) is 3.00. The summed E-state index contributed by atoms with van der Waals surface area (Å²) in [5.74, 6) is -4.95. The van der Waals surface area contributed by atoms with E-state index in [4.69, 9.17) is 0 Å². The average molecular weight is 197 g/mol. The van der Waals surface area contributed by atoms with E-state index in [1.54, 1.807) is 6.33 Å². The van der Waals surface area contributed by atoms with Crippen LogP contribution in [0.3, 0.4) is 0 Å². The van der Waals surface area contributed by atoms with Gasteiger partial charge in [0.05, 0.1) is 0 Å². The lowest BCUT2D eigenvalue weighted by atomic mass is 10.2. The molecular weight excluding hydrogens is 195 g/mol. The Hall–Kier alpha value is -1.27. The molecule has 0 aliphatic rings. The van der Waals surface area contributed by atoms with Crippen molar-refractivity contribution in [3.05, 3.63) is 24.3 Å². The molecular formula is C6H2F5N2. The van der Waals surface area contributed by atoms with Crippen LogP contribution in [0.5, 0.6) is 0 Å². The summed E-state index contributed by atoms with van der Waals surface area (Å²) in [6.07, 6.45) is -3.22. The van der Waals surface area contributed by atoms with Crippen LogP contribution in [0.4, 0.5) is 22.0 Å². The Morgan fingerprint density at radius 3 is 2.15 bits per heavy atom. The van der Waals surface area contributed by atoms with Gasteiger partial charge in [-0.2, -0.15) is 22.0 Å². The Kier molecular flexibility index (Phi) is 2.19. The minimum Gasteiger partial charge on any atom is -0.234 e. The van der Waals surface area contributed by atoms with Crippen molar-refractivity contribution in [2.24, 2.45) is 0 Å². The van der Waals surface area contributed by atoms with E-state index in [9.17, 15) is 22.0 Å². The molecule has 1 rings (SSSR count). The number of halogens is 5. The highest BCUT2D eigenvalue weighted by Gasteiger charge is 2.59. The molecule has 1 radical (unpaired) electrons. The number of hydrogen-bond donors (Lipinski definition) is 0. The van der Waals surface area contributed by atoms with E-state index in [2.05, 4.69) is 9.97 Å². The zero-order valence-electron chi connectivity index (χ0n) is 5.94. The lowest BCUT2D eigenvalue weighted by Crippen LogP contribution is -2.34. The molecule has 2 nitrogen and oxygen atoms in total. The smallest absolute Gasteiger partial charge is 0.234 e. The average Bonchev–Trinajstić information content (AvgIpc) is 2.04. The molecule has 1 aromatic rings. The summed E-state index contributed by atoms with van der Waals surface area (Å²) in [5.41, 5.74) is -1.41. The molecule has 13 heavy (non-hydrogen) atoms. The standard InChI is InChI=1S/C6H2F5N2/c7-5(8,6(9,10)11)4-1-2-12-3-13-4/h1-2H. The molecule has 0 bridgehead atoms. The molecule has 71 valence electrons. The maximum absolute atomic E-state index is 12.4. The van der Waals surface area contributed by atoms with Gasteiger partial charge in [-0.25, -0.2) is 9.97 Å². The number of rotatable bonds is 1. The highest BCUT2D eigenvalue weighted by molar-refractivity contribution is 5.08. The van der Waals surface area contributed by atoms with Gasteiger partial charge in [-0.3, -0.25) is 0 Å². The summed E-state index contributed by atoms with van der Waals surface area (Å²) in [6.45, 7) is 0. The van der Waals surface area contributed by atoms with Crippen molar-refractivity contribution in [1.29, 1.82) is 0 Å². The molecule has 0 saturated heterocycles. The van der Waals surface area contributed by atoms with Crippen LogP contribution in [-0.2, 0) is 5.92 Å². The maximum Gasteiger partial charge on any atom is 0.459 e. The van der Waals surface area contributed by atoms with Crippen LogP contribution >= 0.6 is 0 Å². The fourth-order valence-electron chi connectivity index (χ4n) is 0.581. The van der Waals surface area contributed by atoms with Gasteiger partial charge in [0.15, 0.2) is 6.33 Å². The lowest BCUT2D eigenvalue weighted by Gasteiger charge is -2.17. The first-order valence-corrected chi connectivity index (χ1v) is 3.00. The third-order valence-corrected chi connectivity index (χ3v) is 1.21. The topological polar surface area (TPSA) is 25.8 Å². The van der Waals surface area contributed by atoms with Gasteiger partial charge in [0.2, 0.25) is 0 Å². The largest absolute Gasteiger partial charge is 0.459 e. The third-order valence-electron chi connectivity index (χ3n) is 1.21.